The number of alkyl halides is 1. The summed E-state index contributed by atoms with van der Waals surface area (Å²) in [5, 5.41) is 15.5. The summed E-state index contributed by atoms with van der Waals surface area (Å²) < 4.78 is 0. The van der Waals surface area contributed by atoms with E-state index in [4.69, 9.17) is 11.6 Å². The molecule has 0 unspecified atom stereocenters. The van der Waals surface area contributed by atoms with Gasteiger partial charge in [-0.15, -0.1) is 11.6 Å². The number of benzene rings is 3. The van der Waals surface area contributed by atoms with Crippen LogP contribution in [-0.4, -0.2) is 38.7 Å². The third-order valence-corrected chi connectivity index (χ3v) is 5.60. The molecular weight excluding hydrogens is 430 g/mol. The lowest BCUT2D eigenvalue weighted by Crippen LogP contribution is -2.53. The topological polar surface area (TPSA) is 83.8 Å². The summed E-state index contributed by atoms with van der Waals surface area (Å²) >= 11 is 5.89. The lowest BCUT2D eigenvalue weighted by molar-refractivity contribution is -0.384. The maximum atomic E-state index is 13.8. The van der Waals surface area contributed by atoms with Crippen molar-refractivity contribution in [3.05, 3.63) is 88.0 Å². The number of carbonyl (C=O) groups is 2. The van der Waals surface area contributed by atoms with Gasteiger partial charge >= 0.3 is 0 Å². The minimum atomic E-state index is -0.481. The van der Waals surface area contributed by atoms with Crippen LogP contribution in [-0.2, 0) is 11.3 Å². The Morgan fingerprint density at radius 2 is 1.69 bits per heavy atom. The van der Waals surface area contributed by atoms with Gasteiger partial charge in [0, 0.05) is 17.7 Å². The monoisotopic (exact) mass is 453 g/mol. The molecule has 2 amide bonds. The minimum absolute atomic E-state index is 0.0451. The van der Waals surface area contributed by atoms with Gasteiger partial charge in [-0.1, -0.05) is 55.5 Å². The predicted octanol–water partition coefficient (Wildman–Crippen LogP) is 5.17. The number of rotatable bonds is 7. The van der Waals surface area contributed by atoms with E-state index in [9.17, 15) is 19.7 Å². The van der Waals surface area contributed by atoms with Crippen molar-refractivity contribution >= 4 is 39.9 Å². The van der Waals surface area contributed by atoms with Crippen LogP contribution in [0, 0.1) is 10.1 Å². The molecule has 8 heteroatoms. The van der Waals surface area contributed by atoms with Gasteiger partial charge in [0.1, 0.15) is 5.88 Å². The Hall–Kier alpha value is -3.45. The molecule has 0 heterocycles. The molecule has 0 saturated heterocycles. The zero-order chi connectivity index (χ0) is 23.3. The number of halogens is 1. The van der Waals surface area contributed by atoms with E-state index in [-0.39, 0.29) is 30.1 Å². The van der Waals surface area contributed by atoms with Crippen LogP contribution in [0.1, 0.15) is 36.2 Å². The zero-order valence-electron chi connectivity index (χ0n) is 17.9. The van der Waals surface area contributed by atoms with Gasteiger partial charge < -0.3 is 0 Å². The number of amides is 2. The number of fused-ring (bicyclic) bond motifs is 1. The third-order valence-electron chi connectivity index (χ3n) is 5.37. The number of hydrogen-bond donors (Lipinski definition) is 0. The average molecular weight is 454 g/mol. The van der Waals surface area contributed by atoms with Crippen molar-refractivity contribution in [2.24, 2.45) is 0 Å². The van der Waals surface area contributed by atoms with Crippen LogP contribution in [0.15, 0.2) is 66.7 Å². The summed E-state index contributed by atoms with van der Waals surface area (Å²) in [6.07, 6.45) is 0.613. The summed E-state index contributed by atoms with van der Waals surface area (Å²) in [5.41, 5.74) is 1.07. The number of nitro benzene ring substituents is 1. The van der Waals surface area contributed by atoms with E-state index in [0.29, 0.717) is 17.5 Å². The predicted molar refractivity (Wildman–Crippen MR) is 124 cm³/mol. The van der Waals surface area contributed by atoms with E-state index >= 15 is 0 Å². The summed E-state index contributed by atoms with van der Waals surface area (Å²) in [6.45, 7) is 3.84. The molecule has 0 fully saturated rings. The Balaban J connectivity index is 2.08. The van der Waals surface area contributed by atoms with Crippen molar-refractivity contribution in [1.82, 2.24) is 10.0 Å². The maximum Gasteiger partial charge on any atom is 0.273 e. The van der Waals surface area contributed by atoms with Crippen LogP contribution in [0.2, 0.25) is 0 Å². The van der Waals surface area contributed by atoms with Gasteiger partial charge in [-0.2, -0.15) is 0 Å². The maximum absolute atomic E-state index is 13.8. The second kappa shape index (κ2) is 10.2. The minimum Gasteiger partial charge on any atom is -0.272 e. The Kier molecular flexibility index (Phi) is 7.43. The number of nitrogens with zero attached hydrogens (tertiary/aromatic N) is 3. The third kappa shape index (κ3) is 4.89. The van der Waals surface area contributed by atoms with Crippen LogP contribution in [0.4, 0.5) is 5.69 Å². The van der Waals surface area contributed by atoms with Gasteiger partial charge in [-0.05, 0) is 35.7 Å². The van der Waals surface area contributed by atoms with Gasteiger partial charge in [0.05, 0.1) is 17.5 Å². The van der Waals surface area contributed by atoms with E-state index in [0.717, 1.165) is 10.8 Å². The van der Waals surface area contributed by atoms with Gasteiger partial charge in [0.25, 0.3) is 17.5 Å². The molecule has 32 heavy (non-hydrogen) atoms. The number of nitro groups is 1. The summed E-state index contributed by atoms with van der Waals surface area (Å²) in [5.74, 6) is -1.01. The van der Waals surface area contributed by atoms with Crippen LogP contribution < -0.4 is 0 Å². The van der Waals surface area contributed by atoms with E-state index in [1.807, 2.05) is 44.2 Å². The van der Waals surface area contributed by atoms with Crippen molar-refractivity contribution in [2.75, 3.05) is 5.88 Å². The first-order valence-electron chi connectivity index (χ1n) is 10.3. The van der Waals surface area contributed by atoms with Crippen molar-refractivity contribution < 1.29 is 14.5 Å². The number of hydrazine groups is 1. The summed E-state index contributed by atoms with van der Waals surface area (Å²) in [6, 6.07) is 18.6. The second-order valence-corrected chi connectivity index (χ2v) is 7.71. The Morgan fingerprint density at radius 3 is 2.31 bits per heavy atom. The largest absolute Gasteiger partial charge is 0.273 e. The molecule has 0 bridgehead atoms. The van der Waals surface area contributed by atoms with Crippen molar-refractivity contribution in [2.45, 2.75) is 32.9 Å². The van der Waals surface area contributed by atoms with Crippen LogP contribution in [0.25, 0.3) is 10.8 Å². The molecule has 0 radical (unpaired) electrons. The zero-order valence-corrected chi connectivity index (χ0v) is 18.7. The SMILES string of the molecule is CC[C@H](C)N(C(=O)CCl)N(Cc1ccc([N+](=O)[O-])cc1)C(=O)c1cccc2ccccc12. The first-order chi connectivity index (χ1) is 15.4. The lowest BCUT2D eigenvalue weighted by Gasteiger charge is -2.38. The van der Waals surface area contributed by atoms with Gasteiger partial charge in [-0.3, -0.25) is 19.7 Å². The van der Waals surface area contributed by atoms with Crippen molar-refractivity contribution in [1.29, 1.82) is 0 Å². The standard InChI is InChI=1S/C24H24ClN3O4/c1-3-17(2)27(23(29)15-25)26(16-18-11-13-20(14-12-18)28(31)32)24(30)22-10-6-8-19-7-4-5-9-21(19)22/h4-14,17H,3,15-16H2,1-2H3/t17-/m0/s1. The van der Waals surface area contributed by atoms with Crippen LogP contribution in [0.5, 0.6) is 0 Å². The Morgan fingerprint density at radius 1 is 1.03 bits per heavy atom. The highest BCUT2D eigenvalue weighted by Gasteiger charge is 2.31. The molecule has 0 saturated carbocycles. The molecule has 166 valence electrons. The molecule has 0 aliphatic carbocycles. The highest BCUT2D eigenvalue weighted by Crippen LogP contribution is 2.24. The van der Waals surface area contributed by atoms with E-state index in [1.54, 1.807) is 24.3 Å². The van der Waals surface area contributed by atoms with Crippen molar-refractivity contribution in [3.8, 4) is 0 Å². The molecule has 3 rings (SSSR count). The Labute approximate surface area is 191 Å². The molecule has 0 aliphatic rings. The summed E-state index contributed by atoms with van der Waals surface area (Å²) in [4.78, 5) is 37.1. The quantitative estimate of drug-likeness (QED) is 0.280. The van der Waals surface area contributed by atoms with E-state index in [1.165, 1.54) is 22.2 Å². The average Bonchev–Trinajstić information content (AvgIpc) is 2.82. The molecule has 0 N–H and O–H groups in total. The second-order valence-electron chi connectivity index (χ2n) is 7.44. The van der Waals surface area contributed by atoms with E-state index < -0.39 is 10.8 Å². The fourth-order valence-corrected chi connectivity index (χ4v) is 3.67. The number of non-ortho nitro benzene ring substituents is 1. The normalized spacial score (nSPS) is 11.7. The van der Waals surface area contributed by atoms with E-state index in [2.05, 4.69) is 0 Å². The molecule has 3 aromatic rings. The Bertz CT molecular complexity index is 1130. The summed E-state index contributed by atoms with van der Waals surface area (Å²) in [7, 11) is 0. The van der Waals surface area contributed by atoms with Crippen LogP contribution >= 0.6 is 11.6 Å². The van der Waals surface area contributed by atoms with Gasteiger partial charge in [-0.25, -0.2) is 10.0 Å². The fraction of sp³-hybridized carbons (Fsp3) is 0.250. The van der Waals surface area contributed by atoms with Crippen molar-refractivity contribution in [3.63, 3.8) is 0 Å². The molecule has 0 spiro atoms. The first-order valence-corrected chi connectivity index (χ1v) is 10.8. The first kappa shape index (κ1) is 23.2. The lowest BCUT2D eigenvalue weighted by atomic mass is 10.0. The van der Waals surface area contributed by atoms with Crippen LogP contribution in [0.3, 0.4) is 0 Å². The molecular formula is C24H24ClN3O4. The van der Waals surface area contributed by atoms with Gasteiger partial charge in [0.2, 0.25) is 0 Å². The smallest absolute Gasteiger partial charge is 0.272 e. The molecule has 1 atom stereocenters. The molecule has 0 aromatic heterocycles. The highest BCUT2D eigenvalue weighted by molar-refractivity contribution is 6.27. The highest BCUT2D eigenvalue weighted by atomic mass is 35.5. The number of hydrogen-bond acceptors (Lipinski definition) is 4. The number of carbonyl (C=O) groups excluding carboxylic acids is 2. The molecule has 7 nitrogen and oxygen atoms in total. The molecule has 3 aromatic carbocycles. The molecule has 0 aliphatic heterocycles. The van der Waals surface area contributed by atoms with Gasteiger partial charge in [0.15, 0.2) is 0 Å². The fourth-order valence-electron chi connectivity index (χ4n) is 3.55.